The Morgan fingerprint density at radius 1 is 1.32 bits per heavy atom. The third-order valence-corrected chi connectivity index (χ3v) is 4.22. The van der Waals surface area contributed by atoms with E-state index in [0.717, 1.165) is 6.54 Å². The minimum absolute atomic E-state index is 0.716. The molecule has 1 aromatic heterocycles. The molecule has 1 aliphatic heterocycles. The number of aryl methyl sites for hydroxylation is 1. The molecule has 0 spiro atoms. The lowest BCUT2D eigenvalue weighted by atomic mass is 10.1. The van der Waals surface area contributed by atoms with Gasteiger partial charge in [0.1, 0.15) is 0 Å². The number of fused-ring (bicyclic) bond motifs is 1. The normalized spacial score (nSPS) is 19.2. The van der Waals surface area contributed by atoms with Crippen molar-refractivity contribution in [3.63, 3.8) is 0 Å². The van der Waals surface area contributed by atoms with Crippen molar-refractivity contribution in [3.8, 4) is 0 Å². The van der Waals surface area contributed by atoms with Gasteiger partial charge in [-0.25, -0.2) is 0 Å². The van der Waals surface area contributed by atoms with Gasteiger partial charge in [0.05, 0.1) is 5.69 Å². The minimum atomic E-state index is 0.716. The fraction of sp³-hybridized carbons (Fsp3) is 0.500. The number of anilines is 1. The van der Waals surface area contributed by atoms with Crippen LogP contribution in [0.1, 0.15) is 25.0 Å². The largest absolute Gasteiger partial charge is 0.373 e. The first-order chi connectivity index (χ1) is 9.25. The molecular formula is C16H23N3. The van der Waals surface area contributed by atoms with Crippen LogP contribution < -0.4 is 10.2 Å². The van der Waals surface area contributed by atoms with E-state index >= 15 is 0 Å². The van der Waals surface area contributed by atoms with Crippen molar-refractivity contribution in [3.05, 3.63) is 30.0 Å². The second kappa shape index (κ2) is 5.25. The van der Waals surface area contributed by atoms with Gasteiger partial charge in [-0.2, -0.15) is 0 Å². The lowest BCUT2D eigenvalue weighted by Gasteiger charge is -2.21. The molecule has 0 radical (unpaired) electrons. The van der Waals surface area contributed by atoms with E-state index in [1.54, 1.807) is 0 Å². The quantitative estimate of drug-likeness (QED) is 0.882. The molecule has 1 fully saturated rings. The Hall–Kier alpha value is -1.48. The van der Waals surface area contributed by atoms with Crippen LogP contribution in [-0.4, -0.2) is 31.2 Å². The summed E-state index contributed by atoms with van der Waals surface area (Å²) >= 11 is 0. The maximum Gasteiger partial charge on any atom is 0.0651 e. The predicted molar refractivity (Wildman–Crippen MR) is 81.9 cm³/mol. The first-order valence-corrected chi connectivity index (χ1v) is 7.27. The lowest BCUT2D eigenvalue weighted by Crippen LogP contribution is -2.28. The number of nitrogens with zero attached hydrogens (tertiary/aromatic N) is 1. The number of para-hydroxylation sites is 1. The van der Waals surface area contributed by atoms with E-state index in [1.807, 2.05) is 0 Å². The molecule has 3 nitrogen and oxygen atoms in total. The number of nitrogens with one attached hydrogen (secondary N) is 2. The molecule has 3 rings (SSSR count). The van der Waals surface area contributed by atoms with E-state index in [4.69, 9.17) is 0 Å². The summed E-state index contributed by atoms with van der Waals surface area (Å²) in [5.41, 5.74) is 3.86. The molecule has 0 amide bonds. The highest BCUT2D eigenvalue weighted by atomic mass is 15.1. The molecule has 0 aliphatic carbocycles. The molecule has 102 valence electrons. The first-order valence-electron chi connectivity index (χ1n) is 7.27. The van der Waals surface area contributed by atoms with Crippen LogP contribution in [0.5, 0.6) is 0 Å². The highest BCUT2D eigenvalue weighted by Crippen LogP contribution is 2.30. The number of aromatic nitrogens is 1. The number of hydrogen-bond acceptors (Lipinski definition) is 2. The number of benzene rings is 1. The Bertz CT molecular complexity index is 552. The maximum atomic E-state index is 3.57. The predicted octanol–water partition coefficient (Wildman–Crippen LogP) is 3.05. The molecule has 0 bridgehead atoms. The molecule has 1 aromatic carbocycles. The monoisotopic (exact) mass is 257 g/mol. The Kier molecular flexibility index (Phi) is 3.47. The van der Waals surface area contributed by atoms with Gasteiger partial charge in [-0.1, -0.05) is 18.2 Å². The maximum absolute atomic E-state index is 3.57. The van der Waals surface area contributed by atoms with Crippen LogP contribution in [0.4, 0.5) is 5.69 Å². The summed E-state index contributed by atoms with van der Waals surface area (Å²) in [5.74, 6) is 0. The van der Waals surface area contributed by atoms with E-state index in [2.05, 4.69) is 53.4 Å². The van der Waals surface area contributed by atoms with E-state index < -0.39 is 0 Å². The van der Waals surface area contributed by atoms with Gasteiger partial charge < -0.3 is 15.2 Å². The first kappa shape index (κ1) is 12.5. The van der Waals surface area contributed by atoms with E-state index in [-0.39, 0.29) is 0 Å². The van der Waals surface area contributed by atoms with Gasteiger partial charge in [0.15, 0.2) is 0 Å². The lowest BCUT2D eigenvalue weighted by molar-refractivity contribution is 0.559. The Balaban J connectivity index is 1.76. The van der Waals surface area contributed by atoms with E-state index in [9.17, 15) is 0 Å². The molecule has 3 heteroatoms. The third kappa shape index (κ3) is 2.47. The van der Waals surface area contributed by atoms with Crippen molar-refractivity contribution >= 4 is 16.6 Å². The average Bonchev–Trinajstić information content (AvgIpc) is 3.02. The van der Waals surface area contributed by atoms with Crippen molar-refractivity contribution < 1.29 is 0 Å². The Morgan fingerprint density at radius 3 is 2.95 bits per heavy atom. The molecule has 2 aromatic rings. The fourth-order valence-electron chi connectivity index (χ4n) is 3.22. The smallest absolute Gasteiger partial charge is 0.0651 e. The molecular weight excluding hydrogens is 234 g/mol. The van der Waals surface area contributed by atoms with Crippen LogP contribution in [0.3, 0.4) is 0 Å². The number of hydrogen-bond donors (Lipinski definition) is 2. The molecule has 1 saturated heterocycles. The summed E-state index contributed by atoms with van der Waals surface area (Å²) in [6.07, 6.45) is 3.90. The topological polar surface area (TPSA) is 31.1 Å². The van der Waals surface area contributed by atoms with Crippen LogP contribution in [0.15, 0.2) is 24.3 Å². The number of aromatic amines is 1. The molecule has 1 unspecified atom stereocenters. The van der Waals surface area contributed by atoms with Crippen molar-refractivity contribution in [2.45, 2.75) is 32.2 Å². The summed E-state index contributed by atoms with van der Waals surface area (Å²) in [6.45, 7) is 4.47. The molecule has 19 heavy (non-hydrogen) atoms. The SMILES string of the molecule is Cc1[nH]c2ccccc2c1N(C)CCC1CCCN1. The van der Waals surface area contributed by atoms with Crippen molar-refractivity contribution in [1.29, 1.82) is 0 Å². The number of rotatable bonds is 4. The highest BCUT2D eigenvalue weighted by Gasteiger charge is 2.16. The summed E-state index contributed by atoms with van der Waals surface area (Å²) in [5, 5.41) is 4.91. The van der Waals surface area contributed by atoms with Gasteiger partial charge in [0.2, 0.25) is 0 Å². The molecule has 2 N–H and O–H groups in total. The summed E-state index contributed by atoms with van der Waals surface area (Å²) in [6, 6.07) is 9.28. The zero-order valence-corrected chi connectivity index (χ0v) is 11.9. The Labute approximate surface area is 115 Å². The van der Waals surface area contributed by atoms with Crippen LogP contribution >= 0.6 is 0 Å². The van der Waals surface area contributed by atoms with Crippen molar-refractivity contribution in [1.82, 2.24) is 10.3 Å². The summed E-state index contributed by atoms with van der Waals surface area (Å²) in [4.78, 5) is 5.88. The Morgan fingerprint density at radius 2 is 2.16 bits per heavy atom. The second-order valence-corrected chi connectivity index (χ2v) is 5.65. The molecule has 1 atom stereocenters. The van der Waals surface area contributed by atoms with Crippen LogP contribution in [-0.2, 0) is 0 Å². The van der Waals surface area contributed by atoms with Gasteiger partial charge in [0, 0.05) is 36.2 Å². The van der Waals surface area contributed by atoms with Crippen LogP contribution in [0, 0.1) is 6.92 Å². The van der Waals surface area contributed by atoms with Gasteiger partial charge in [-0.05, 0) is 38.8 Å². The molecule has 2 heterocycles. The van der Waals surface area contributed by atoms with Crippen molar-refractivity contribution in [2.24, 2.45) is 0 Å². The minimum Gasteiger partial charge on any atom is -0.373 e. The van der Waals surface area contributed by atoms with Gasteiger partial charge in [-0.15, -0.1) is 0 Å². The number of H-pyrrole nitrogens is 1. The van der Waals surface area contributed by atoms with E-state index in [0.29, 0.717) is 6.04 Å². The third-order valence-electron chi connectivity index (χ3n) is 4.22. The highest BCUT2D eigenvalue weighted by molar-refractivity contribution is 5.94. The summed E-state index contributed by atoms with van der Waals surface area (Å²) in [7, 11) is 2.21. The van der Waals surface area contributed by atoms with Gasteiger partial charge in [-0.3, -0.25) is 0 Å². The van der Waals surface area contributed by atoms with Gasteiger partial charge >= 0.3 is 0 Å². The molecule has 1 aliphatic rings. The van der Waals surface area contributed by atoms with Crippen LogP contribution in [0.25, 0.3) is 10.9 Å². The standard InChI is InChI=1S/C16H23N3/c1-12-16(14-7-3-4-8-15(14)18-12)19(2)11-9-13-6-5-10-17-13/h3-4,7-8,13,17-18H,5-6,9-11H2,1-2H3. The second-order valence-electron chi connectivity index (χ2n) is 5.65. The van der Waals surface area contributed by atoms with Crippen molar-refractivity contribution in [2.75, 3.05) is 25.0 Å². The molecule has 0 saturated carbocycles. The van der Waals surface area contributed by atoms with E-state index in [1.165, 1.54) is 48.1 Å². The zero-order valence-electron chi connectivity index (χ0n) is 11.9. The summed E-state index contributed by atoms with van der Waals surface area (Å²) < 4.78 is 0. The fourth-order valence-corrected chi connectivity index (χ4v) is 3.22. The van der Waals surface area contributed by atoms with Gasteiger partial charge in [0.25, 0.3) is 0 Å². The average molecular weight is 257 g/mol. The zero-order chi connectivity index (χ0) is 13.2. The van der Waals surface area contributed by atoms with Crippen LogP contribution in [0.2, 0.25) is 0 Å².